The zero-order valence-electron chi connectivity index (χ0n) is 33.1. The number of rotatable bonds is 10. The summed E-state index contributed by atoms with van der Waals surface area (Å²) in [4.78, 5) is 52.7. The van der Waals surface area contributed by atoms with Gasteiger partial charge >= 0.3 is 103 Å². The van der Waals surface area contributed by atoms with Crippen LogP contribution in [-0.2, 0) is 38.7 Å². The maximum atomic E-state index is 13.7. The second-order valence-electron chi connectivity index (χ2n) is 12.4. The number of hydrogen-bond acceptors (Lipinski definition) is 9. The quantitative estimate of drug-likeness (QED) is 0.0463. The van der Waals surface area contributed by atoms with Crippen LogP contribution in [0.1, 0.15) is 33.8 Å². The monoisotopic (exact) mass is 978 g/mol. The number of Topliss-reactive ketones (excluding diaryl/α,β-unsaturated/α-hetero) is 2. The largest absolute Gasteiger partial charge is 1.00 e. The van der Waals surface area contributed by atoms with E-state index in [1.807, 2.05) is 0 Å². The molecule has 306 valence electrons. The van der Waals surface area contributed by atoms with Crippen LogP contribution in [0.25, 0.3) is 31.8 Å². The third-order valence-electron chi connectivity index (χ3n) is 7.98. The van der Waals surface area contributed by atoms with Crippen molar-refractivity contribution in [3.05, 3.63) is 141 Å². The van der Waals surface area contributed by atoms with Crippen molar-refractivity contribution >= 4 is 90.6 Å². The van der Waals surface area contributed by atoms with Gasteiger partial charge in [0.1, 0.15) is 22.2 Å². The van der Waals surface area contributed by atoms with E-state index in [0.29, 0.717) is 38.6 Å². The Morgan fingerprint density at radius 1 is 0.900 bits per heavy atom. The molecule has 0 unspecified atom stereocenters. The average Bonchev–Trinajstić information content (AvgIpc) is 3.84. The molecule has 0 saturated heterocycles. The number of halogens is 5. The number of benzene rings is 4. The molecule has 6 rings (SSSR count). The Morgan fingerprint density at radius 3 is 1.83 bits per heavy atom. The minimum absolute atomic E-state index is 0. The standard InChI is InChI=1S/C19H15ClFN3O2.C12H11BrClNO2.C7H5FN2.CH2O3.CH4.2K.H/c1-19(26,10-24-11-23-18-14(21)4-3-5-16(18)24)17(25)9-12-6-7-15(22-2)13(20)8-12;1-12(17,7-13)11(16)6-8-3-4-10(15-2)9(14)5-8;8-5-2-1-3-6-7(5)10-4-9-6;2-1-4-3;;;;/h3-8,11,26H,9-10H2,1H3;3-5,17H,6-7H2,1H3;1-4H,(H,9,10);1,3H;1H4;;;/q;;;;;2*+1;-1/p-1/t19-;12-;;;;;;/m00....../s1. The van der Waals surface area contributed by atoms with Crippen LogP contribution in [0.3, 0.4) is 0 Å². The number of aromatic amines is 1. The molecular weight excluding hydrogens is 943 g/mol. The first-order chi connectivity index (χ1) is 27.0. The summed E-state index contributed by atoms with van der Waals surface area (Å²) in [5, 5.41) is 29.6. The van der Waals surface area contributed by atoms with Crippen LogP contribution in [0, 0.1) is 24.8 Å². The van der Waals surface area contributed by atoms with Gasteiger partial charge in [0.25, 0.3) is 6.47 Å². The molecule has 2 atom stereocenters. The fourth-order valence-electron chi connectivity index (χ4n) is 4.86. The van der Waals surface area contributed by atoms with Crippen LogP contribution in [0.5, 0.6) is 0 Å². The molecule has 0 aliphatic heterocycles. The van der Waals surface area contributed by atoms with Gasteiger partial charge in [-0.15, -0.1) is 0 Å². The van der Waals surface area contributed by atoms with Gasteiger partial charge in [0.05, 0.1) is 43.4 Å². The molecule has 0 aliphatic carbocycles. The van der Waals surface area contributed by atoms with Crippen molar-refractivity contribution in [1.82, 2.24) is 19.5 Å². The first-order valence-electron chi connectivity index (χ1n) is 16.3. The van der Waals surface area contributed by atoms with Crippen molar-refractivity contribution in [2.75, 3.05) is 5.33 Å². The number of H-pyrrole nitrogens is 1. The molecule has 0 amide bonds. The zero-order chi connectivity index (χ0) is 42.3. The van der Waals surface area contributed by atoms with Gasteiger partial charge < -0.3 is 31.3 Å². The van der Waals surface area contributed by atoms with Crippen molar-refractivity contribution < 1.29 is 148 Å². The summed E-state index contributed by atoms with van der Waals surface area (Å²) in [5.41, 5.74) is 0.734. The number of carbonyl (C=O) groups is 3. The average molecular weight is 981 g/mol. The third kappa shape index (κ3) is 16.8. The fraction of sp³-hybridized carbons (Fsp3) is 0.225. The van der Waals surface area contributed by atoms with Crippen LogP contribution in [-0.4, -0.2) is 64.3 Å². The minimum atomic E-state index is -1.68. The van der Waals surface area contributed by atoms with E-state index in [1.165, 1.54) is 38.6 Å². The van der Waals surface area contributed by atoms with Crippen molar-refractivity contribution in [1.29, 1.82) is 0 Å². The van der Waals surface area contributed by atoms with E-state index in [1.54, 1.807) is 65.2 Å². The number of aromatic nitrogens is 4. The second-order valence-corrected chi connectivity index (χ2v) is 13.8. The van der Waals surface area contributed by atoms with Crippen molar-refractivity contribution in [2.24, 2.45) is 0 Å². The number of ketones is 2. The summed E-state index contributed by atoms with van der Waals surface area (Å²) in [6.07, 6.45) is 2.94. The SMILES string of the molecule is C.Fc1cccc2[nH]cnc12.O=CO[O-].[C-]#[N+]c1ccc(CC(=O)[C@@](C)(O)CBr)cc1Cl.[C-]#[N+]c1ccc(CC(=O)[C@@](C)(O)Cn2cnc3c(F)cccc32)cc1Cl.[H-].[K+].[K+]. The molecule has 0 radical (unpaired) electrons. The smallest absolute Gasteiger partial charge is 1.00 e. The number of alkyl halides is 1. The molecule has 0 spiro atoms. The number of hydrogen-bond donors (Lipinski definition) is 3. The molecular formula is C40H37BrCl2F2K2N6O7. The van der Waals surface area contributed by atoms with Gasteiger partial charge in [-0.2, -0.15) is 0 Å². The van der Waals surface area contributed by atoms with E-state index in [-0.39, 0.29) is 165 Å². The van der Waals surface area contributed by atoms with Crippen molar-refractivity contribution in [3.63, 3.8) is 0 Å². The third-order valence-corrected chi connectivity index (χ3v) is 9.67. The molecule has 20 heteroatoms. The molecule has 3 N–H and O–H groups in total. The Balaban J connectivity index is 0. The summed E-state index contributed by atoms with van der Waals surface area (Å²) >= 11 is 14.9. The Hall–Kier alpha value is -2.32. The maximum absolute atomic E-state index is 13.7. The Morgan fingerprint density at radius 2 is 1.38 bits per heavy atom. The van der Waals surface area contributed by atoms with Gasteiger partial charge in [0.2, 0.25) is 11.4 Å². The predicted molar refractivity (Wildman–Crippen MR) is 219 cm³/mol. The van der Waals surface area contributed by atoms with Crippen molar-refractivity contribution in [3.8, 4) is 0 Å². The number of imidazole rings is 2. The Kier molecular flexibility index (Phi) is 26.6. The van der Waals surface area contributed by atoms with E-state index >= 15 is 0 Å². The number of nitrogens with one attached hydrogen (secondary N) is 1. The van der Waals surface area contributed by atoms with E-state index in [2.05, 4.69) is 45.5 Å². The van der Waals surface area contributed by atoms with Gasteiger partial charge in [-0.1, -0.05) is 95.1 Å². The van der Waals surface area contributed by atoms with Crippen LogP contribution in [0.15, 0.2) is 85.5 Å². The van der Waals surface area contributed by atoms with Crippen LogP contribution in [0.2, 0.25) is 10.0 Å². The van der Waals surface area contributed by atoms with E-state index < -0.39 is 22.8 Å². The molecule has 13 nitrogen and oxygen atoms in total. The summed E-state index contributed by atoms with van der Waals surface area (Å²) in [5.74, 6) is -1.44. The molecule has 6 aromatic rings. The second kappa shape index (κ2) is 27.7. The number of nitrogens with zero attached hydrogens (tertiary/aromatic N) is 5. The molecule has 0 bridgehead atoms. The Bertz CT molecular complexity index is 2460. The number of fused-ring (bicyclic) bond motifs is 2. The first-order valence-corrected chi connectivity index (χ1v) is 18.2. The molecule has 4 aromatic carbocycles. The van der Waals surface area contributed by atoms with Gasteiger partial charge in [-0.05, 0) is 49.2 Å². The van der Waals surface area contributed by atoms with Gasteiger partial charge in [0.15, 0.2) is 23.2 Å². The molecule has 0 fully saturated rings. The molecule has 0 aliphatic rings. The van der Waals surface area contributed by atoms with Gasteiger partial charge in [-0.25, -0.2) is 28.4 Å². The number of carbonyl (C=O) groups excluding carboxylic acids is 3. The van der Waals surface area contributed by atoms with E-state index in [0.717, 1.165) is 5.52 Å². The maximum Gasteiger partial charge on any atom is 1.00 e. The summed E-state index contributed by atoms with van der Waals surface area (Å²) in [6.45, 7) is 16.5. The minimum Gasteiger partial charge on any atom is -1.00 e. The molecule has 2 heterocycles. The topological polar surface area (TPSA) is 179 Å². The molecule has 2 aromatic heterocycles. The molecule has 60 heavy (non-hydrogen) atoms. The van der Waals surface area contributed by atoms with Crippen molar-refractivity contribution in [2.45, 2.75) is 51.9 Å². The van der Waals surface area contributed by atoms with Crippen LogP contribution >= 0.6 is 39.1 Å². The van der Waals surface area contributed by atoms with Gasteiger partial charge in [-0.3, -0.25) is 14.4 Å². The first kappa shape index (κ1) is 57.7. The summed E-state index contributed by atoms with van der Waals surface area (Å²) in [6, 6.07) is 18.9. The normalized spacial score (nSPS) is 11.8. The van der Waals surface area contributed by atoms with E-state index in [4.69, 9.17) is 46.4 Å². The van der Waals surface area contributed by atoms with Crippen LogP contribution < -0.4 is 108 Å². The number of para-hydroxylation sites is 2. The van der Waals surface area contributed by atoms with Gasteiger partial charge in [0, 0.05) is 28.2 Å². The summed E-state index contributed by atoms with van der Waals surface area (Å²) in [7, 11) is 0. The predicted octanol–water partition coefficient (Wildman–Crippen LogP) is 1.98. The van der Waals surface area contributed by atoms with E-state index in [9.17, 15) is 28.6 Å². The zero-order valence-corrected chi connectivity index (χ0v) is 41.4. The van der Waals surface area contributed by atoms with Crippen LogP contribution in [0.4, 0.5) is 20.2 Å². The number of aliphatic hydroxyl groups is 2. The summed E-state index contributed by atoms with van der Waals surface area (Å²) < 4.78 is 28.0. The molecule has 0 saturated carbocycles. The fourth-order valence-corrected chi connectivity index (χ4v) is 5.66. The Labute approximate surface area is 449 Å².